The van der Waals surface area contributed by atoms with Gasteiger partial charge in [0, 0.05) is 6.42 Å². The minimum absolute atomic E-state index is 0.122. The number of hydrogen-bond acceptors (Lipinski definition) is 2. The summed E-state index contributed by atoms with van der Waals surface area (Å²) in [5, 5.41) is 9.85. The molecule has 0 aromatic carbocycles. The first-order valence-corrected chi connectivity index (χ1v) is 10.1. The van der Waals surface area contributed by atoms with E-state index >= 15 is 0 Å². The monoisotopic (exact) mass is 339 g/mol. The first-order valence-electron chi connectivity index (χ1n) is 10.1. The Balaban J connectivity index is 1.87. The fourth-order valence-corrected chi connectivity index (χ4v) is 6.26. The van der Waals surface area contributed by atoms with E-state index in [1.807, 2.05) is 6.08 Å². The van der Waals surface area contributed by atoms with Crippen LogP contribution in [-0.2, 0) is 4.79 Å². The topological polar surface area (TPSA) is 40.9 Å². The zero-order chi connectivity index (χ0) is 18.2. The Morgan fingerprint density at radius 2 is 2.12 bits per heavy atom. The van der Waals surface area contributed by atoms with Gasteiger partial charge >= 0.3 is 0 Å². The molecule has 136 valence electrons. The first kappa shape index (κ1) is 18.4. The van der Waals surface area contributed by atoms with Gasteiger partial charge in [-0.15, -0.1) is 6.58 Å². The van der Waals surface area contributed by atoms with Crippen LogP contribution in [0, 0.1) is 45.8 Å². The molecule has 2 nitrogen and oxygen atoms in total. The Bertz CT molecular complexity index is 626. The molecular formula is C23H33NO. The molecule has 3 rings (SSSR count). The third-order valence-corrected chi connectivity index (χ3v) is 8.10. The average molecular weight is 340 g/mol. The highest BCUT2D eigenvalue weighted by Gasteiger charge is 2.60. The molecule has 2 heteroatoms. The molecular weight excluding hydrogens is 306 g/mol. The van der Waals surface area contributed by atoms with Gasteiger partial charge in [0.1, 0.15) is 0 Å². The van der Waals surface area contributed by atoms with E-state index in [2.05, 4.69) is 39.5 Å². The lowest BCUT2D eigenvalue weighted by atomic mass is 9.52. The number of carbonyl (C=O) groups is 1. The summed E-state index contributed by atoms with van der Waals surface area (Å²) in [6, 6.07) is 2.68. The Hall–Kier alpha value is -1.36. The van der Waals surface area contributed by atoms with Crippen LogP contribution in [0.4, 0.5) is 0 Å². The standard InChI is InChI=1S/C23H33NO/c1-5-18(13-17-7-6-8-19(25)14-17)21-16(2)9-12-23(4)20(21)10-11-22(23,3)15-24/h5,14,16,18,20-21H,1,6-13H2,2-4H3/t16-,18-,20-,21-,22+,23-/m0/s1. The van der Waals surface area contributed by atoms with E-state index in [-0.39, 0.29) is 10.8 Å². The van der Waals surface area contributed by atoms with Gasteiger partial charge in [-0.1, -0.05) is 25.5 Å². The number of carbonyl (C=O) groups excluding carboxylic acids is 1. The van der Waals surface area contributed by atoms with E-state index in [9.17, 15) is 10.1 Å². The van der Waals surface area contributed by atoms with E-state index in [0.717, 1.165) is 32.1 Å². The third-order valence-electron chi connectivity index (χ3n) is 8.10. The number of rotatable bonds is 4. The van der Waals surface area contributed by atoms with Crippen LogP contribution >= 0.6 is 0 Å². The molecule has 2 fully saturated rings. The van der Waals surface area contributed by atoms with Crippen molar-refractivity contribution in [3.8, 4) is 6.07 Å². The van der Waals surface area contributed by atoms with Crippen molar-refractivity contribution < 1.29 is 4.79 Å². The number of nitrogens with zero attached hydrogens (tertiary/aromatic N) is 1. The van der Waals surface area contributed by atoms with E-state index in [1.54, 1.807) is 0 Å². The molecule has 0 unspecified atom stereocenters. The van der Waals surface area contributed by atoms with Crippen LogP contribution in [0.1, 0.15) is 72.1 Å². The van der Waals surface area contributed by atoms with Gasteiger partial charge in [-0.2, -0.15) is 5.26 Å². The molecule has 0 heterocycles. The molecule has 3 aliphatic carbocycles. The van der Waals surface area contributed by atoms with Gasteiger partial charge in [-0.25, -0.2) is 0 Å². The molecule has 0 spiro atoms. The van der Waals surface area contributed by atoms with E-state index in [4.69, 9.17) is 0 Å². The van der Waals surface area contributed by atoms with Gasteiger partial charge in [0.05, 0.1) is 11.5 Å². The quantitative estimate of drug-likeness (QED) is 0.603. The number of nitriles is 1. The second-order valence-electron chi connectivity index (χ2n) is 9.33. The van der Waals surface area contributed by atoms with E-state index in [0.29, 0.717) is 35.9 Å². The van der Waals surface area contributed by atoms with Crippen molar-refractivity contribution >= 4 is 5.78 Å². The second kappa shape index (κ2) is 6.75. The fraction of sp³-hybridized carbons (Fsp3) is 0.739. The molecule has 0 radical (unpaired) electrons. The van der Waals surface area contributed by atoms with Gasteiger partial charge in [-0.05, 0) is 87.0 Å². The fourth-order valence-electron chi connectivity index (χ4n) is 6.26. The summed E-state index contributed by atoms with van der Waals surface area (Å²) in [7, 11) is 0. The number of allylic oxidation sites excluding steroid dienone is 3. The minimum atomic E-state index is -0.193. The summed E-state index contributed by atoms with van der Waals surface area (Å²) in [5.74, 6) is 2.58. The lowest BCUT2D eigenvalue weighted by Gasteiger charge is -2.51. The van der Waals surface area contributed by atoms with Crippen LogP contribution in [-0.4, -0.2) is 5.78 Å². The third kappa shape index (κ3) is 3.01. The molecule has 0 bridgehead atoms. The van der Waals surface area contributed by atoms with Crippen molar-refractivity contribution in [1.82, 2.24) is 0 Å². The van der Waals surface area contributed by atoms with E-state index in [1.165, 1.54) is 18.4 Å². The van der Waals surface area contributed by atoms with Gasteiger partial charge in [0.2, 0.25) is 0 Å². The summed E-state index contributed by atoms with van der Waals surface area (Å²) in [6.45, 7) is 11.1. The zero-order valence-corrected chi connectivity index (χ0v) is 16.2. The van der Waals surface area contributed by atoms with Crippen molar-refractivity contribution in [2.24, 2.45) is 34.5 Å². The predicted molar refractivity (Wildman–Crippen MR) is 102 cm³/mol. The maximum atomic E-state index is 11.8. The number of fused-ring (bicyclic) bond motifs is 1. The zero-order valence-electron chi connectivity index (χ0n) is 16.2. The van der Waals surface area contributed by atoms with Crippen LogP contribution in [0.15, 0.2) is 24.3 Å². The highest BCUT2D eigenvalue weighted by Crippen LogP contribution is 2.65. The van der Waals surface area contributed by atoms with Crippen LogP contribution in [0.2, 0.25) is 0 Å². The summed E-state index contributed by atoms with van der Waals surface area (Å²) in [6.07, 6.45) is 12.4. The molecule has 25 heavy (non-hydrogen) atoms. The smallest absolute Gasteiger partial charge is 0.155 e. The van der Waals surface area contributed by atoms with Gasteiger partial charge in [-0.3, -0.25) is 4.79 Å². The van der Waals surface area contributed by atoms with E-state index < -0.39 is 0 Å². The van der Waals surface area contributed by atoms with Crippen molar-refractivity contribution in [2.45, 2.75) is 72.1 Å². The first-order chi connectivity index (χ1) is 11.8. The van der Waals surface area contributed by atoms with Gasteiger partial charge < -0.3 is 0 Å². The minimum Gasteiger partial charge on any atom is -0.295 e. The van der Waals surface area contributed by atoms with Crippen LogP contribution in [0.5, 0.6) is 0 Å². The molecule has 0 aliphatic heterocycles. The van der Waals surface area contributed by atoms with Crippen LogP contribution in [0.3, 0.4) is 0 Å². The van der Waals surface area contributed by atoms with Crippen molar-refractivity contribution in [1.29, 1.82) is 5.26 Å². The highest BCUT2D eigenvalue weighted by atomic mass is 16.1. The number of hydrogen-bond donors (Lipinski definition) is 0. The molecule has 3 aliphatic rings. The predicted octanol–water partition coefficient (Wildman–Crippen LogP) is 5.85. The van der Waals surface area contributed by atoms with Crippen molar-refractivity contribution in [3.05, 3.63) is 24.3 Å². The highest BCUT2D eigenvalue weighted by molar-refractivity contribution is 5.91. The molecule has 2 saturated carbocycles. The molecule has 0 aromatic rings. The lowest BCUT2D eigenvalue weighted by molar-refractivity contribution is -0.115. The maximum absolute atomic E-state index is 11.8. The maximum Gasteiger partial charge on any atom is 0.155 e. The number of ketones is 1. The Labute approximate surface area is 153 Å². The van der Waals surface area contributed by atoms with Crippen molar-refractivity contribution in [3.63, 3.8) is 0 Å². The largest absolute Gasteiger partial charge is 0.295 e. The van der Waals surface area contributed by atoms with Crippen molar-refractivity contribution in [2.75, 3.05) is 0 Å². The summed E-state index contributed by atoms with van der Waals surface area (Å²) in [4.78, 5) is 11.8. The average Bonchev–Trinajstić information content (AvgIpc) is 2.86. The molecule has 6 atom stereocenters. The Morgan fingerprint density at radius 3 is 2.76 bits per heavy atom. The van der Waals surface area contributed by atoms with Gasteiger partial charge in [0.15, 0.2) is 5.78 Å². The Morgan fingerprint density at radius 1 is 1.36 bits per heavy atom. The van der Waals surface area contributed by atoms with Crippen LogP contribution < -0.4 is 0 Å². The molecule has 0 aromatic heterocycles. The second-order valence-corrected chi connectivity index (χ2v) is 9.33. The Kier molecular flexibility index (Phi) is 4.97. The summed E-state index contributed by atoms with van der Waals surface area (Å²) >= 11 is 0. The SMILES string of the molecule is C=C[C@@H](CC1=CC(=O)CCC1)[C@@H]1[C@@H](C)CC[C@@]2(C)[C@H]1CC[C@]2(C)C#N. The summed E-state index contributed by atoms with van der Waals surface area (Å²) < 4.78 is 0. The van der Waals surface area contributed by atoms with Crippen LogP contribution in [0.25, 0.3) is 0 Å². The molecule has 0 amide bonds. The summed E-state index contributed by atoms with van der Waals surface area (Å²) in [5.41, 5.74) is 1.25. The molecule has 0 saturated heterocycles. The normalized spacial score (nSPS) is 42.2. The lowest BCUT2D eigenvalue weighted by Crippen LogP contribution is -2.46. The molecule has 0 N–H and O–H groups in total. The van der Waals surface area contributed by atoms with Gasteiger partial charge in [0.25, 0.3) is 0 Å².